The summed E-state index contributed by atoms with van der Waals surface area (Å²) in [4.78, 5) is 13.2. The summed E-state index contributed by atoms with van der Waals surface area (Å²) in [5, 5.41) is 4.43. The second kappa shape index (κ2) is 9.52. The van der Waals surface area contributed by atoms with E-state index in [1.165, 1.54) is 24.3 Å². The maximum Gasteiger partial charge on any atom is 0.242 e. The Morgan fingerprint density at radius 3 is 2.30 bits per heavy atom. The summed E-state index contributed by atoms with van der Waals surface area (Å²) < 4.78 is 42.4. The number of nitrogens with one attached hydrogen (secondary N) is 2. The van der Waals surface area contributed by atoms with Gasteiger partial charge in [0.2, 0.25) is 15.9 Å². The molecule has 4 aromatic carbocycles. The maximum absolute atomic E-state index is 13.4. The lowest BCUT2D eigenvalue weighted by Crippen LogP contribution is -2.45. The zero-order valence-electron chi connectivity index (χ0n) is 18.0. The summed E-state index contributed by atoms with van der Waals surface area (Å²) in [6.07, 6.45) is 0.153. The number of carbonyl (C=O) groups is 1. The zero-order valence-corrected chi connectivity index (χ0v) is 18.8. The Kier molecular flexibility index (Phi) is 6.53. The van der Waals surface area contributed by atoms with Gasteiger partial charge in [0.15, 0.2) is 0 Å². The lowest BCUT2D eigenvalue weighted by atomic mass is 10.1. The fourth-order valence-electron chi connectivity index (χ4n) is 3.61. The fraction of sp³-hybridized carbons (Fsp3) is 0.115. The smallest absolute Gasteiger partial charge is 0.242 e. The van der Waals surface area contributed by atoms with E-state index in [0.29, 0.717) is 11.3 Å². The lowest BCUT2D eigenvalue weighted by Gasteiger charge is -2.20. The average Bonchev–Trinajstić information content (AvgIpc) is 2.80. The first-order valence-corrected chi connectivity index (χ1v) is 11.9. The second-order valence-electron chi connectivity index (χ2n) is 7.82. The number of fused-ring (bicyclic) bond motifs is 1. The zero-order chi connectivity index (χ0) is 23.4. The van der Waals surface area contributed by atoms with Gasteiger partial charge < -0.3 is 5.32 Å². The normalized spacial score (nSPS) is 12.4. The molecule has 0 radical (unpaired) electrons. The number of amides is 1. The van der Waals surface area contributed by atoms with Crippen LogP contribution in [0.4, 0.5) is 10.1 Å². The molecule has 0 saturated heterocycles. The lowest BCUT2D eigenvalue weighted by molar-refractivity contribution is -0.117. The van der Waals surface area contributed by atoms with Crippen molar-refractivity contribution < 1.29 is 17.6 Å². The van der Waals surface area contributed by atoms with Gasteiger partial charge in [0.25, 0.3) is 0 Å². The summed E-state index contributed by atoms with van der Waals surface area (Å²) in [5.74, 6) is -0.943. The van der Waals surface area contributed by atoms with Gasteiger partial charge in [-0.2, -0.15) is 4.72 Å². The standard InChI is InChI=1S/C26H23FN2O3S/c1-18-15-22(27)12-14-24(18)28-26(30)25(16-19-7-3-2-4-8-19)29-33(31,32)23-13-11-20-9-5-6-10-21(20)17-23/h2-15,17,25,29H,16H2,1H3,(H,28,30)/t25-/m0/s1. The third-order valence-corrected chi connectivity index (χ3v) is 6.84. The molecule has 5 nitrogen and oxygen atoms in total. The predicted molar refractivity (Wildman–Crippen MR) is 128 cm³/mol. The van der Waals surface area contributed by atoms with E-state index >= 15 is 0 Å². The van der Waals surface area contributed by atoms with Crippen LogP contribution in [-0.2, 0) is 21.2 Å². The quantitative estimate of drug-likeness (QED) is 0.414. The fourth-order valence-corrected chi connectivity index (χ4v) is 4.85. The van der Waals surface area contributed by atoms with E-state index in [4.69, 9.17) is 0 Å². The van der Waals surface area contributed by atoms with Crippen LogP contribution in [0.25, 0.3) is 10.8 Å². The summed E-state index contributed by atoms with van der Waals surface area (Å²) in [6, 6.07) is 24.4. The minimum absolute atomic E-state index is 0.0741. The van der Waals surface area contributed by atoms with Crippen LogP contribution in [0.15, 0.2) is 95.9 Å². The molecule has 4 aromatic rings. The monoisotopic (exact) mass is 462 g/mol. The van der Waals surface area contributed by atoms with Gasteiger partial charge in [0.05, 0.1) is 4.90 Å². The van der Waals surface area contributed by atoms with Crippen LogP contribution in [0.1, 0.15) is 11.1 Å². The number of sulfonamides is 1. The molecule has 7 heteroatoms. The van der Waals surface area contributed by atoms with Gasteiger partial charge in [-0.1, -0.05) is 60.7 Å². The van der Waals surface area contributed by atoms with Crippen LogP contribution in [0.2, 0.25) is 0 Å². The van der Waals surface area contributed by atoms with Gasteiger partial charge in [0, 0.05) is 5.69 Å². The molecule has 0 bridgehead atoms. The van der Waals surface area contributed by atoms with E-state index in [-0.39, 0.29) is 11.3 Å². The van der Waals surface area contributed by atoms with Crippen molar-refractivity contribution in [2.24, 2.45) is 0 Å². The Bertz CT molecular complexity index is 1410. The van der Waals surface area contributed by atoms with Crippen molar-refractivity contribution in [3.05, 3.63) is 108 Å². The van der Waals surface area contributed by atoms with Gasteiger partial charge >= 0.3 is 0 Å². The molecule has 0 aliphatic heterocycles. The number of rotatable bonds is 7. The van der Waals surface area contributed by atoms with Crippen molar-refractivity contribution in [1.82, 2.24) is 4.72 Å². The highest BCUT2D eigenvalue weighted by Crippen LogP contribution is 2.21. The maximum atomic E-state index is 13.4. The van der Waals surface area contributed by atoms with Gasteiger partial charge in [-0.25, -0.2) is 12.8 Å². The van der Waals surface area contributed by atoms with E-state index in [1.807, 2.05) is 54.6 Å². The Hall–Kier alpha value is -3.55. The number of aryl methyl sites for hydroxylation is 1. The Morgan fingerprint density at radius 1 is 0.879 bits per heavy atom. The Morgan fingerprint density at radius 2 is 1.58 bits per heavy atom. The van der Waals surface area contributed by atoms with Crippen molar-refractivity contribution in [2.45, 2.75) is 24.3 Å². The molecule has 0 saturated carbocycles. The van der Waals surface area contributed by atoms with Crippen LogP contribution < -0.4 is 10.0 Å². The van der Waals surface area contributed by atoms with Crippen molar-refractivity contribution in [2.75, 3.05) is 5.32 Å². The first-order chi connectivity index (χ1) is 15.8. The number of benzene rings is 4. The largest absolute Gasteiger partial charge is 0.324 e. The molecule has 2 N–H and O–H groups in total. The molecule has 0 aliphatic carbocycles. The summed E-state index contributed by atoms with van der Waals surface area (Å²) in [5.41, 5.74) is 1.76. The highest BCUT2D eigenvalue weighted by molar-refractivity contribution is 7.89. The molecular formula is C26H23FN2O3S. The van der Waals surface area contributed by atoms with Crippen molar-refractivity contribution in [1.29, 1.82) is 0 Å². The van der Waals surface area contributed by atoms with Gasteiger partial charge in [-0.05, 0) is 65.6 Å². The average molecular weight is 463 g/mol. The highest BCUT2D eigenvalue weighted by atomic mass is 32.2. The van der Waals surface area contributed by atoms with Crippen LogP contribution in [-0.4, -0.2) is 20.4 Å². The SMILES string of the molecule is Cc1cc(F)ccc1NC(=O)[C@H](Cc1ccccc1)NS(=O)(=O)c1ccc2ccccc2c1. The predicted octanol–water partition coefficient (Wildman–Crippen LogP) is 4.82. The second-order valence-corrected chi connectivity index (χ2v) is 9.54. The molecule has 0 fully saturated rings. The minimum atomic E-state index is -4.00. The molecule has 0 spiro atoms. The number of hydrogen-bond acceptors (Lipinski definition) is 3. The van der Waals surface area contributed by atoms with Gasteiger partial charge in [0.1, 0.15) is 11.9 Å². The first-order valence-electron chi connectivity index (χ1n) is 10.4. The first kappa shape index (κ1) is 22.6. The molecule has 1 atom stereocenters. The third-order valence-electron chi connectivity index (χ3n) is 5.37. The summed E-state index contributed by atoms with van der Waals surface area (Å²) >= 11 is 0. The number of carbonyl (C=O) groups excluding carboxylic acids is 1. The molecule has 33 heavy (non-hydrogen) atoms. The Labute approximate surface area is 192 Å². The van der Waals surface area contributed by atoms with Gasteiger partial charge in [-0.15, -0.1) is 0 Å². The van der Waals surface area contributed by atoms with Crippen molar-refractivity contribution in [3.8, 4) is 0 Å². The van der Waals surface area contributed by atoms with E-state index in [1.54, 1.807) is 19.1 Å². The van der Waals surface area contributed by atoms with E-state index in [2.05, 4.69) is 10.0 Å². The molecule has 0 aromatic heterocycles. The minimum Gasteiger partial charge on any atom is -0.324 e. The van der Waals surface area contributed by atoms with E-state index in [0.717, 1.165) is 16.3 Å². The number of hydrogen-bond donors (Lipinski definition) is 2. The summed E-state index contributed by atoms with van der Waals surface area (Å²) in [7, 11) is -4.00. The number of anilines is 1. The van der Waals surface area contributed by atoms with Crippen LogP contribution >= 0.6 is 0 Å². The molecule has 0 heterocycles. The molecule has 4 rings (SSSR count). The van der Waals surface area contributed by atoms with E-state index in [9.17, 15) is 17.6 Å². The molecular weight excluding hydrogens is 439 g/mol. The molecule has 168 valence electrons. The van der Waals surface area contributed by atoms with Crippen LogP contribution in [0.3, 0.4) is 0 Å². The van der Waals surface area contributed by atoms with E-state index < -0.39 is 27.8 Å². The summed E-state index contributed by atoms with van der Waals surface area (Å²) in [6.45, 7) is 1.67. The van der Waals surface area contributed by atoms with Crippen LogP contribution in [0.5, 0.6) is 0 Å². The topological polar surface area (TPSA) is 75.3 Å². The van der Waals surface area contributed by atoms with Crippen molar-refractivity contribution in [3.63, 3.8) is 0 Å². The molecule has 0 unspecified atom stereocenters. The molecule has 0 aliphatic rings. The van der Waals surface area contributed by atoms with Crippen molar-refractivity contribution >= 4 is 32.4 Å². The molecule has 1 amide bonds. The number of halogens is 1. The highest BCUT2D eigenvalue weighted by Gasteiger charge is 2.27. The van der Waals surface area contributed by atoms with Gasteiger partial charge in [-0.3, -0.25) is 4.79 Å². The third kappa shape index (κ3) is 5.45. The van der Waals surface area contributed by atoms with Crippen LogP contribution in [0, 0.1) is 12.7 Å². The Balaban J connectivity index is 1.63.